The Labute approximate surface area is 184 Å². The number of carbonyl (C=O) groups excluding carboxylic acids is 1. The number of rotatable bonds is 5. The van der Waals surface area contributed by atoms with E-state index in [9.17, 15) is 4.79 Å². The van der Waals surface area contributed by atoms with Crippen LogP contribution in [-0.2, 0) is 17.8 Å². The van der Waals surface area contributed by atoms with E-state index in [1.807, 2.05) is 11.9 Å². The lowest BCUT2D eigenvalue weighted by Gasteiger charge is -2.28. The second-order valence-corrected chi connectivity index (χ2v) is 8.41. The summed E-state index contributed by atoms with van der Waals surface area (Å²) in [5.41, 5.74) is 1.31. The van der Waals surface area contributed by atoms with Gasteiger partial charge in [-0.2, -0.15) is 0 Å². The van der Waals surface area contributed by atoms with E-state index in [4.69, 9.17) is 0 Å². The van der Waals surface area contributed by atoms with Crippen molar-refractivity contribution in [2.24, 2.45) is 16.8 Å². The minimum Gasteiger partial charge on any atom is -0.347 e. The molecule has 3 rings (SSSR count). The summed E-state index contributed by atoms with van der Waals surface area (Å²) in [6, 6.07) is 2.15. The molecule has 1 unspecified atom stereocenters. The Bertz CT molecular complexity index is 644. The molecule has 1 atom stereocenters. The summed E-state index contributed by atoms with van der Waals surface area (Å²) in [5.74, 6) is 2.59. The quantitative estimate of drug-likeness (QED) is 0.379. The van der Waals surface area contributed by atoms with Gasteiger partial charge in [-0.1, -0.05) is 26.7 Å². The van der Waals surface area contributed by atoms with Crippen LogP contribution >= 0.6 is 35.3 Å². The lowest BCUT2D eigenvalue weighted by Crippen LogP contribution is -2.46. The molecule has 1 amide bonds. The van der Waals surface area contributed by atoms with E-state index in [1.54, 1.807) is 11.3 Å². The third kappa shape index (κ3) is 5.37. The van der Waals surface area contributed by atoms with E-state index >= 15 is 0 Å². The van der Waals surface area contributed by atoms with Crippen molar-refractivity contribution in [3.8, 4) is 0 Å². The van der Waals surface area contributed by atoms with Crippen LogP contribution in [0.1, 0.15) is 43.6 Å². The summed E-state index contributed by atoms with van der Waals surface area (Å²) < 4.78 is 0. The molecule has 1 saturated heterocycles. The second kappa shape index (κ2) is 10.6. The molecule has 5 nitrogen and oxygen atoms in total. The predicted octanol–water partition coefficient (Wildman–Crippen LogP) is 3.58. The summed E-state index contributed by atoms with van der Waals surface area (Å²) in [7, 11) is 1.82. The van der Waals surface area contributed by atoms with Crippen LogP contribution in [0.5, 0.6) is 0 Å². The van der Waals surface area contributed by atoms with Gasteiger partial charge in [0, 0.05) is 38.1 Å². The standard InChI is InChI=1S/C20H32N4OS.HI/c1-4-15(5-2)16-6-9-24(13-16)20(21-3)22-12-19(25)23-10-7-18-17(14-23)8-11-26-18;/h8,11,15-16H,4-7,9-10,12-14H2,1-3H3,(H,21,22);1H. The van der Waals surface area contributed by atoms with Gasteiger partial charge in [0.25, 0.3) is 0 Å². The minimum absolute atomic E-state index is 0. The van der Waals surface area contributed by atoms with Gasteiger partial charge in [0.2, 0.25) is 5.91 Å². The molecule has 0 aliphatic carbocycles. The highest BCUT2D eigenvalue weighted by molar-refractivity contribution is 14.0. The van der Waals surface area contributed by atoms with E-state index in [0.717, 1.165) is 50.4 Å². The van der Waals surface area contributed by atoms with Gasteiger partial charge in [-0.25, -0.2) is 0 Å². The highest BCUT2D eigenvalue weighted by Gasteiger charge is 2.29. The van der Waals surface area contributed by atoms with Crippen LogP contribution in [0.3, 0.4) is 0 Å². The smallest absolute Gasteiger partial charge is 0.242 e. The van der Waals surface area contributed by atoms with Crippen LogP contribution in [0.2, 0.25) is 0 Å². The first-order chi connectivity index (χ1) is 12.7. The number of nitrogens with zero attached hydrogens (tertiary/aromatic N) is 3. The van der Waals surface area contributed by atoms with E-state index in [0.29, 0.717) is 6.54 Å². The molecule has 27 heavy (non-hydrogen) atoms. The first kappa shape index (κ1) is 22.5. The van der Waals surface area contributed by atoms with Crippen LogP contribution in [0.4, 0.5) is 0 Å². The summed E-state index contributed by atoms with van der Waals surface area (Å²) in [6.07, 6.45) is 4.71. The fourth-order valence-electron chi connectivity index (χ4n) is 4.38. The molecule has 1 N–H and O–H groups in total. The van der Waals surface area contributed by atoms with Crippen LogP contribution < -0.4 is 5.32 Å². The largest absolute Gasteiger partial charge is 0.347 e. The molecular formula is C20H33IN4OS. The number of likely N-dealkylation sites (tertiary alicyclic amines) is 1. The van der Waals surface area contributed by atoms with Crippen molar-refractivity contribution in [2.75, 3.05) is 33.2 Å². The molecule has 0 saturated carbocycles. The van der Waals surface area contributed by atoms with Crippen molar-refractivity contribution in [2.45, 2.75) is 46.1 Å². The summed E-state index contributed by atoms with van der Waals surface area (Å²) in [6.45, 7) is 8.59. The van der Waals surface area contributed by atoms with Gasteiger partial charge >= 0.3 is 0 Å². The van der Waals surface area contributed by atoms with Crippen molar-refractivity contribution in [1.29, 1.82) is 0 Å². The van der Waals surface area contributed by atoms with Crippen LogP contribution in [0.15, 0.2) is 16.4 Å². The first-order valence-electron chi connectivity index (χ1n) is 9.94. The number of halogens is 1. The van der Waals surface area contributed by atoms with Crippen molar-refractivity contribution >= 4 is 47.2 Å². The van der Waals surface area contributed by atoms with E-state index in [1.165, 1.54) is 29.7 Å². The molecular weight excluding hydrogens is 471 g/mol. The van der Waals surface area contributed by atoms with Gasteiger partial charge < -0.3 is 15.1 Å². The first-order valence-corrected chi connectivity index (χ1v) is 10.8. The Hall–Kier alpha value is -0.830. The molecule has 3 heterocycles. The number of hydrogen-bond acceptors (Lipinski definition) is 3. The average molecular weight is 504 g/mol. The monoisotopic (exact) mass is 504 g/mol. The zero-order valence-electron chi connectivity index (χ0n) is 16.7. The van der Waals surface area contributed by atoms with E-state index in [-0.39, 0.29) is 29.9 Å². The van der Waals surface area contributed by atoms with Crippen molar-refractivity contribution in [3.63, 3.8) is 0 Å². The third-order valence-electron chi connectivity index (χ3n) is 6.01. The van der Waals surface area contributed by atoms with Crippen molar-refractivity contribution < 1.29 is 4.79 Å². The van der Waals surface area contributed by atoms with Gasteiger partial charge in [0.1, 0.15) is 0 Å². The molecule has 1 aromatic rings. The van der Waals surface area contributed by atoms with Crippen LogP contribution in [0, 0.1) is 11.8 Å². The fourth-order valence-corrected chi connectivity index (χ4v) is 5.27. The zero-order chi connectivity index (χ0) is 18.5. The summed E-state index contributed by atoms with van der Waals surface area (Å²) in [4.78, 5) is 22.8. The number of thiophene rings is 1. The summed E-state index contributed by atoms with van der Waals surface area (Å²) >= 11 is 1.80. The number of guanidine groups is 1. The Morgan fingerprint density at radius 2 is 2.11 bits per heavy atom. The van der Waals surface area contributed by atoms with Gasteiger partial charge in [-0.05, 0) is 41.7 Å². The number of carbonyl (C=O) groups is 1. The second-order valence-electron chi connectivity index (χ2n) is 7.41. The fraction of sp³-hybridized carbons (Fsp3) is 0.700. The molecule has 0 spiro atoms. The maximum absolute atomic E-state index is 12.6. The molecule has 1 aromatic heterocycles. The highest BCUT2D eigenvalue weighted by atomic mass is 127. The molecule has 2 aliphatic heterocycles. The van der Waals surface area contributed by atoms with Gasteiger partial charge in [0.05, 0.1) is 6.54 Å². The third-order valence-corrected chi connectivity index (χ3v) is 7.03. The van der Waals surface area contributed by atoms with E-state index < -0.39 is 0 Å². The number of nitrogens with one attached hydrogen (secondary N) is 1. The van der Waals surface area contributed by atoms with Gasteiger partial charge in [-0.15, -0.1) is 35.3 Å². The molecule has 152 valence electrons. The van der Waals surface area contributed by atoms with Gasteiger partial charge in [-0.3, -0.25) is 9.79 Å². The molecule has 0 aromatic carbocycles. The van der Waals surface area contributed by atoms with Crippen molar-refractivity contribution in [3.05, 3.63) is 21.9 Å². The Morgan fingerprint density at radius 1 is 1.33 bits per heavy atom. The lowest BCUT2D eigenvalue weighted by atomic mass is 9.87. The Balaban J connectivity index is 0.00000261. The zero-order valence-corrected chi connectivity index (χ0v) is 19.9. The number of amides is 1. The summed E-state index contributed by atoms with van der Waals surface area (Å²) in [5, 5.41) is 5.44. The van der Waals surface area contributed by atoms with Crippen LogP contribution in [0.25, 0.3) is 0 Å². The molecule has 1 fully saturated rings. The average Bonchev–Trinajstić information content (AvgIpc) is 3.32. The van der Waals surface area contributed by atoms with Crippen molar-refractivity contribution in [1.82, 2.24) is 15.1 Å². The minimum atomic E-state index is 0. The molecule has 0 radical (unpaired) electrons. The maximum atomic E-state index is 12.6. The SMILES string of the molecule is CCC(CC)C1CCN(C(=NC)NCC(=O)N2CCc3sccc3C2)C1.I. The Kier molecular flexibility index (Phi) is 8.85. The number of fused-ring (bicyclic) bond motifs is 1. The van der Waals surface area contributed by atoms with Crippen LogP contribution in [-0.4, -0.2) is 54.9 Å². The molecule has 7 heteroatoms. The van der Waals surface area contributed by atoms with Gasteiger partial charge in [0.15, 0.2) is 5.96 Å². The van der Waals surface area contributed by atoms with E-state index in [2.05, 4.69) is 40.5 Å². The lowest BCUT2D eigenvalue weighted by molar-refractivity contribution is -0.130. The Morgan fingerprint density at radius 3 is 2.81 bits per heavy atom. The molecule has 2 aliphatic rings. The maximum Gasteiger partial charge on any atom is 0.242 e. The molecule has 0 bridgehead atoms. The normalized spacial score (nSPS) is 19.9. The number of hydrogen-bond donors (Lipinski definition) is 1. The predicted molar refractivity (Wildman–Crippen MR) is 124 cm³/mol. The number of aliphatic imine (C=N–C) groups is 1. The highest BCUT2D eigenvalue weighted by Crippen LogP contribution is 2.28. The topological polar surface area (TPSA) is 47.9 Å².